The summed E-state index contributed by atoms with van der Waals surface area (Å²) >= 11 is 7.51. The summed E-state index contributed by atoms with van der Waals surface area (Å²) in [6.07, 6.45) is 0.700. The van der Waals surface area contributed by atoms with Crippen LogP contribution in [0.25, 0.3) is 32.5 Å². The van der Waals surface area contributed by atoms with E-state index in [0.29, 0.717) is 37.6 Å². The van der Waals surface area contributed by atoms with E-state index in [1.165, 1.54) is 0 Å². The standard InChI is InChI=1S/C18H14ClF2N7OS/c1-22-27-15-13(21)12(19)11(7-5-23-28-14(7)15)9-2-3-10-17(24-9)30-18(25-10)26-16(29)6-4-8(6)20/h2-3,5-6,8,22,27H,4H2,1H3,(H,23,28)(H,25,26,29)/t6-,8+/m1/s1. The summed E-state index contributed by atoms with van der Waals surface area (Å²) in [7, 11) is 1.61. The highest BCUT2D eigenvalue weighted by molar-refractivity contribution is 7.22. The van der Waals surface area contributed by atoms with E-state index in [1.54, 1.807) is 25.4 Å². The molecule has 0 spiro atoms. The van der Waals surface area contributed by atoms with E-state index in [2.05, 4.69) is 36.3 Å². The van der Waals surface area contributed by atoms with Gasteiger partial charge in [-0.2, -0.15) is 5.10 Å². The van der Waals surface area contributed by atoms with E-state index in [9.17, 15) is 13.6 Å². The number of nitrogens with one attached hydrogen (secondary N) is 4. The summed E-state index contributed by atoms with van der Waals surface area (Å²) < 4.78 is 28.0. The molecule has 4 N–H and O–H groups in total. The highest BCUT2D eigenvalue weighted by Gasteiger charge is 2.43. The van der Waals surface area contributed by atoms with E-state index in [0.717, 1.165) is 11.3 Å². The molecule has 0 radical (unpaired) electrons. The van der Waals surface area contributed by atoms with Crippen molar-refractivity contribution < 1.29 is 13.6 Å². The molecule has 3 aromatic heterocycles. The average Bonchev–Trinajstić information content (AvgIpc) is 3.11. The number of fused-ring (bicyclic) bond motifs is 2. The van der Waals surface area contributed by atoms with Crippen LogP contribution in [0.15, 0.2) is 18.3 Å². The molecule has 1 saturated carbocycles. The first-order valence-corrected chi connectivity index (χ1v) is 10.2. The van der Waals surface area contributed by atoms with Gasteiger partial charge in [0, 0.05) is 18.0 Å². The fourth-order valence-corrected chi connectivity index (χ4v) is 4.38. The number of amides is 1. The molecule has 154 valence electrons. The number of thiazole rings is 1. The van der Waals surface area contributed by atoms with Crippen molar-refractivity contribution in [3.05, 3.63) is 29.2 Å². The Kier molecular flexibility index (Phi) is 4.53. The van der Waals surface area contributed by atoms with E-state index < -0.39 is 17.9 Å². The molecule has 1 aliphatic rings. The van der Waals surface area contributed by atoms with Gasteiger partial charge in [-0.25, -0.2) is 24.2 Å². The van der Waals surface area contributed by atoms with Crippen LogP contribution in [0.4, 0.5) is 19.6 Å². The lowest BCUT2D eigenvalue weighted by atomic mass is 10.0. The molecule has 0 unspecified atom stereocenters. The zero-order valence-corrected chi connectivity index (χ0v) is 17.0. The molecule has 0 bridgehead atoms. The molecule has 0 aliphatic heterocycles. The van der Waals surface area contributed by atoms with Gasteiger partial charge in [0.05, 0.1) is 28.3 Å². The lowest BCUT2D eigenvalue weighted by Crippen LogP contribution is -2.16. The number of rotatable bonds is 5. The highest BCUT2D eigenvalue weighted by Crippen LogP contribution is 2.41. The third kappa shape index (κ3) is 3.06. The molecule has 1 fully saturated rings. The number of carbonyl (C=O) groups excluding carboxylic acids is 1. The lowest BCUT2D eigenvalue weighted by Gasteiger charge is -2.12. The lowest BCUT2D eigenvalue weighted by molar-refractivity contribution is -0.117. The fraction of sp³-hybridized carbons (Fsp3) is 0.222. The number of hydrogen-bond acceptors (Lipinski definition) is 7. The molecule has 1 aliphatic carbocycles. The number of H-pyrrole nitrogens is 1. The first-order valence-electron chi connectivity index (χ1n) is 8.97. The summed E-state index contributed by atoms with van der Waals surface area (Å²) in [4.78, 5) is 21.3. The Morgan fingerprint density at radius 2 is 2.17 bits per heavy atom. The van der Waals surface area contributed by atoms with Gasteiger partial charge in [0.1, 0.15) is 22.2 Å². The van der Waals surface area contributed by atoms with Crippen LogP contribution in [0.5, 0.6) is 0 Å². The van der Waals surface area contributed by atoms with Crippen LogP contribution < -0.4 is 16.2 Å². The quantitative estimate of drug-likeness (QED) is 0.344. The van der Waals surface area contributed by atoms with Gasteiger partial charge in [-0.1, -0.05) is 22.9 Å². The second-order valence-corrected chi connectivity index (χ2v) is 8.15. The topological polar surface area (TPSA) is 108 Å². The second kappa shape index (κ2) is 7.11. The van der Waals surface area contributed by atoms with Crippen LogP contribution in [-0.2, 0) is 4.79 Å². The van der Waals surface area contributed by atoms with E-state index in [4.69, 9.17) is 11.6 Å². The van der Waals surface area contributed by atoms with Gasteiger partial charge in [0.15, 0.2) is 10.9 Å². The van der Waals surface area contributed by atoms with Crippen molar-refractivity contribution in [3.8, 4) is 11.3 Å². The fourth-order valence-electron chi connectivity index (χ4n) is 3.25. The van der Waals surface area contributed by atoms with Gasteiger partial charge < -0.3 is 10.7 Å². The van der Waals surface area contributed by atoms with E-state index in [-0.39, 0.29) is 23.0 Å². The zero-order valence-electron chi connectivity index (χ0n) is 15.4. The summed E-state index contributed by atoms with van der Waals surface area (Å²) in [6, 6.07) is 3.38. The van der Waals surface area contributed by atoms with Crippen molar-refractivity contribution in [1.82, 2.24) is 25.6 Å². The van der Waals surface area contributed by atoms with Crippen molar-refractivity contribution in [2.45, 2.75) is 12.6 Å². The monoisotopic (exact) mass is 449 g/mol. The minimum absolute atomic E-state index is 0.103. The minimum atomic E-state index is -1.08. The number of benzene rings is 1. The number of hydrogen-bond donors (Lipinski definition) is 4. The number of alkyl halides is 1. The van der Waals surface area contributed by atoms with Crippen LogP contribution in [-0.4, -0.2) is 39.3 Å². The van der Waals surface area contributed by atoms with Crippen molar-refractivity contribution >= 4 is 60.9 Å². The number of pyridine rings is 1. The van der Waals surface area contributed by atoms with Crippen LogP contribution in [0, 0.1) is 11.7 Å². The Hall–Kier alpha value is -2.89. The van der Waals surface area contributed by atoms with Crippen molar-refractivity contribution in [2.75, 3.05) is 17.8 Å². The molecule has 5 rings (SSSR count). The van der Waals surface area contributed by atoms with Crippen LogP contribution in [0.3, 0.4) is 0 Å². The van der Waals surface area contributed by atoms with Gasteiger partial charge in [0.2, 0.25) is 5.91 Å². The second-order valence-electron chi connectivity index (χ2n) is 6.80. The van der Waals surface area contributed by atoms with Crippen LogP contribution in [0.2, 0.25) is 5.02 Å². The smallest absolute Gasteiger partial charge is 0.232 e. The Labute approximate surface area is 177 Å². The van der Waals surface area contributed by atoms with Crippen molar-refractivity contribution in [3.63, 3.8) is 0 Å². The maximum Gasteiger partial charge on any atom is 0.232 e. The zero-order chi connectivity index (χ0) is 21.0. The van der Waals surface area contributed by atoms with E-state index >= 15 is 0 Å². The van der Waals surface area contributed by atoms with Gasteiger partial charge >= 0.3 is 0 Å². The summed E-state index contributed by atoms with van der Waals surface area (Å²) in [6.45, 7) is 0. The Bertz CT molecular complexity index is 1310. The third-order valence-corrected chi connectivity index (χ3v) is 6.07. The Balaban J connectivity index is 1.57. The summed E-state index contributed by atoms with van der Waals surface area (Å²) in [5, 5.41) is 10.2. The molecule has 12 heteroatoms. The highest BCUT2D eigenvalue weighted by atomic mass is 35.5. The SMILES string of the molecule is CNNc1c(F)c(Cl)c(-c2ccc3nc(NC(=O)[C@@H]4C[C@@H]4F)sc3n2)c2cn[nH]c12. The largest absolute Gasteiger partial charge is 0.317 e. The summed E-state index contributed by atoms with van der Waals surface area (Å²) in [5.41, 5.74) is 7.35. The number of nitrogens with zero attached hydrogens (tertiary/aromatic N) is 3. The normalized spacial score (nSPS) is 18.1. The number of halogens is 3. The first kappa shape index (κ1) is 19.1. The maximum absolute atomic E-state index is 14.9. The minimum Gasteiger partial charge on any atom is -0.317 e. The first-order chi connectivity index (χ1) is 14.5. The van der Waals surface area contributed by atoms with Gasteiger partial charge in [-0.15, -0.1) is 0 Å². The summed E-state index contributed by atoms with van der Waals surface area (Å²) in [5.74, 6) is -1.65. The van der Waals surface area contributed by atoms with Crippen LogP contribution >= 0.6 is 22.9 Å². The molecule has 1 amide bonds. The molecular formula is C18H14ClF2N7OS. The van der Waals surface area contributed by atoms with Crippen molar-refractivity contribution in [2.24, 2.45) is 5.92 Å². The predicted molar refractivity (Wildman–Crippen MR) is 112 cm³/mol. The molecule has 0 saturated heterocycles. The van der Waals surface area contributed by atoms with Crippen molar-refractivity contribution in [1.29, 1.82) is 0 Å². The third-order valence-electron chi connectivity index (χ3n) is 4.83. The van der Waals surface area contributed by atoms with Crippen LogP contribution in [0.1, 0.15) is 6.42 Å². The predicted octanol–water partition coefficient (Wildman–Crippen LogP) is 3.87. The maximum atomic E-state index is 14.9. The molecule has 1 aromatic carbocycles. The molecule has 2 atom stereocenters. The van der Waals surface area contributed by atoms with E-state index in [1.807, 2.05) is 0 Å². The number of hydrazine groups is 1. The number of anilines is 2. The van der Waals surface area contributed by atoms with Gasteiger partial charge in [-0.05, 0) is 18.6 Å². The Morgan fingerprint density at radius 1 is 1.37 bits per heavy atom. The molecule has 3 heterocycles. The number of aromatic amines is 1. The number of aromatic nitrogens is 4. The molecule has 8 nitrogen and oxygen atoms in total. The molecular weight excluding hydrogens is 436 g/mol. The van der Waals surface area contributed by atoms with Gasteiger partial charge in [0.25, 0.3) is 0 Å². The van der Waals surface area contributed by atoms with Gasteiger partial charge in [-0.3, -0.25) is 9.89 Å². The molecule has 4 aromatic rings. The molecule has 30 heavy (non-hydrogen) atoms. The Morgan fingerprint density at radius 3 is 2.90 bits per heavy atom. The number of carbonyl (C=O) groups is 1. The average molecular weight is 450 g/mol.